The Kier molecular flexibility index (Phi) is 6.47. The predicted molar refractivity (Wildman–Crippen MR) is 80.6 cm³/mol. The van der Waals surface area contributed by atoms with E-state index in [0.717, 1.165) is 25.0 Å². The molecule has 0 aliphatic carbocycles. The van der Waals surface area contributed by atoms with Crippen LogP contribution in [0.2, 0.25) is 0 Å². The number of hydrogen-bond acceptors (Lipinski definition) is 3. The molecule has 0 saturated carbocycles. The summed E-state index contributed by atoms with van der Waals surface area (Å²) in [5, 5.41) is 2.80. The third-order valence-electron chi connectivity index (χ3n) is 3.23. The molecule has 0 radical (unpaired) electrons. The van der Waals surface area contributed by atoms with E-state index in [1.54, 1.807) is 0 Å². The summed E-state index contributed by atoms with van der Waals surface area (Å²) in [7, 11) is -4.63. The van der Waals surface area contributed by atoms with Gasteiger partial charge in [0.15, 0.2) is 0 Å². The molecule has 0 aliphatic heterocycles. The van der Waals surface area contributed by atoms with Gasteiger partial charge in [0, 0.05) is 11.6 Å². The van der Waals surface area contributed by atoms with Crippen LogP contribution in [0.15, 0.2) is 29.2 Å². The summed E-state index contributed by atoms with van der Waals surface area (Å²) in [6.07, 6.45) is 1.81. The maximum Gasteiger partial charge on any atom is 0.341 e. The fourth-order valence-electron chi connectivity index (χ4n) is 1.86. The summed E-state index contributed by atoms with van der Waals surface area (Å²) in [5.41, 5.74) is 0.240. The van der Waals surface area contributed by atoms with Crippen LogP contribution in [0, 0.1) is 5.92 Å². The molecule has 0 heterocycles. The van der Waals surface area contributed by atoms with Crippen molar-refractivity contribution in [1.82, 2.24) is 5.32 Å². The molecule has 0 bridgehead atoms. The van der Waals surface area contributed by atoms with Crippen molar-refractivity contribution in [3.8, 4) is 0 Å². The number of nitrogens with one attached hydrogen (secondary N) is 1. The Balaban J connectivity index is 2.73. The maximum atomic E-state index is 12.4. The van der Waals surface area contributed by atoms with Gasteiger partial charge in [0.1, 0.15) is 0 Å². The molecule has 1 N–H and O–H groups in total. The van der Waals surface area contributed by atoms with Crippen LogP contribution >= 0.6 is 0 Å². The summed E-state index contributed by atoms with van der Waals surface area (Å²) >= 11 is 0. The van der Waals surface area contributed by atoms with Gasteiger partial charge >= 0.3 is 5.76 Å². The lowest BCUT2D eigenvalue weighted by Crippen LogP contribution is -2.32. The zero-order chi connectivity index (χ0) is 16.9. The van der Waals surface area contributed by atoms with Gasteiger partial charge in [0.05, 0.1) is 4.90 Å². The van der Waals surface area contributed by atoms with Crippen molar-refractivity contribution in [2.45, 2.75) is 50.3 Å². The van der Waals surface area contributed by atoms with E-state index in [0.29, 0.717) is 5.92 Å². The van der Waals surface area contributed by atoms with E-state index in [2.05, 4.69) is 19.2 Å². The number of hydrogen-bond donors (Lipinski definition) is 1. The second-order valence-electron chi connectivity index (χ2n) is 5.68. The van der Waals surface area contributed by atoms with Crippen molar-refractivity contribution in [2.24, 2.45) is 5.92 Å². The number of carbonyl (C=O) groups excluding carboxylic acids is 1. The Morgan fingerprint density at radius 2 is 1.64 bits per heavy atom. The van der Waals surface area contributed by atoms with Crippen LogP contribution < -0.4 is 5.32 Å². The van der Waals surface area contributed by atoms with Crippen molar-refractivity contribution in [3.05, 3.63) is 29.8 Å². The Labute approximate surface area is 129 Å². The molecule has 0 aliphatic rings. The standard InChI is InChI=1S/C15H21F2NO3S/c1-10(2)4-5-11(3)18-14(19)12-6-8-13(9-7-12)22(20,21)15(16)17/h6-11,15H,4-5H2,1-3H3,(H,18,19)/t11-/m1/s1. The van der Waals surface area contributed by atoms with Crippen LogP contribution in [-0.4, -0.2) is 26.1 Å². The first-order chi connectivity index (χ1) is 10.1. The molecule has 1 rings (SSSR count). The van der Waals surface area contributed by atoms with Crippen LogP contribution in [0.5, 0.6) is 0 Å². The van der Waals surface area contributed by atoms with E-state index in [-0.39, 0.29) is 17.5 Å². The second-order valence-corrected chi connectivity index (χ2v) is 7.59. The summed E-state index contributed by atoms with van der Waals surface area (Å²) in [6.45, 7) is 6.07. The van der Waals surface area contributed by atoms with Gasteiger partial charge in [-0.15, -0.1) is 0 Å². The zero-order valence-electron chi connectivity index (χ0n) is 12.8. The van der Waals surface area contributed by atoms with Crippen LogP contribution in [-0.2, 0) is 9.84 Å². The molecule has 1 aromatic carbocycles. The summed E-state index contributed by atoms with van der Waals surface area (Å²) in [4.78, 5) is 11.5. The van der Waals surface area contributed by atoms with Crippen LogP contribution in [0.4, 0.5) is 8.78 Å². The highest BCUT2D eigenvalue weighted by molar-refractivity contribution is 7.91. The van der Waals surface area contributed by atoms with Gasteiger partial charge < -0.3 is 5.32 Å². The smallest absolute Gasteiger partial charge is 0.341 e. The zero-order valence-corrected chi connectivity index (χ0v) is 13.7. The molecule has 0 spiro atoms. The molecule has 1 amide bonds. The normalized spacial score (nSPS) is 13.4. The monoisotopic (exact) mass is 333 g/mol. The molecule has 0 saturated heterocycles. The molecule has 4 nitrogen and oxygen atoms in total. The van der Waals surface area contributed by atoms with E-state index >= 15 is 0 Å². The van der Waals surface area contributed by atoms with E-state index < -0.39 is 20.5 Å². The largest absolute Gasteiger partial charge is 0.350 e. The fourth-order valence-corrected chi connectivity index (χ4v) is 2.58. The van der Waals surface area contributed by atoms with Gasteiger partial charge in [-0.1, -0.05) is 13.8 Å². The third kappa shape index (κ3) is 5.05. The number of carbonyl (C=O) groups is 1. The summed E-state index contributed by atoms with van der Waals surface area (Å²) in [6, 6.07) is 4.50. The van der Waals surface area contributed by atoms with Crippen LogP contribution in [0.1, 0.15) is 44.0 Å². The van der Waals surface area contributed by atoms with E-state index in [9.17, 15) is 22.0 Å². The first kappa shape index (κ1) is 18.5. The molecular weight excluding hydrogens is 312 g/mol. The van der Waals surface area contributed by atoms with Crippen molar-refractivity contribution in [3.63, 3.8) is 0 Å². The van der Waals surface area contributed by atoms with E-state index in [4.69, 9.17) is 0 Å². The van der Waals surface area contributed by atoms with Gasteiger partial charge in [-0.25, -0.2) is 8.42 Å². The SMILES string of the molecule is CC(C)CC[C@@H](C)NC(=O)c1ccc(S(=O)(=O)C(F)F)cc1. The maximum absolute atomic E-state index is 12.4. The minimum absolute atomic E-state index is 0.0145. The predicted octanol–water partition coefficient (Wildman–Crippen LogP) is 3.24. The molecular formula is C15H21F2NO3S. The molecule has 124 valence electrons. The number of rotatable bonds is 7. The minimum Gasteiger partial charge on any atom is -0.350 e. The average molecular weight is 333 g/mol. The second kappa shape index (κ2) is 7.67. The highest BCUT2D eigenvalue weighted by Crippen LogP contribution is 2.18. The lowest BCUT2D eigenvalue weighted by Gasteiger charge is -2.15. The summed E-state index contributed by atoms with van der Waals surface area (Å²) < 4.78 is 47.4. The van der Waals surface area contributed by atoms with E-state index in [1.807, 2.05) is 6.92 Å². The third-order valence-corrected chi connectivity index (χ3v) is 4.63. The van der Waals surface area contributed by atoms with Crippen molar-refractivity contribution in [2.75, 3.05) is 0 Å². The summed E-state index contributed by atoms with van der Waals surface area (Å²) in [5.74, 6) is -3.28. The molecule has 0 aromatic heterocycles. The number of amides is 1. The number of sulfone groups is 1. The highest BCUT2D eigenvalue weighted by Gasteiger charge is 2.26. The first-order valence-corrected chi connectivity index (χ1v) is 8.62. The molecule has 1 aromatic rings. The number of halogens is 2. The lowest BCUT2D eigenvalue weighted by atomic mass is 10.0. The van der Waals surface area contributed by atoms with Gasteiger partial charge in [0.2, 0.25) is 9.84 Å². The van der Waals surface area contributed by atoms with Gasteiger partial charge in [-0.05, 0) is 49.9 Å². The Morgan fingerprint density at radius 1 is 1.09 bits per heavy atom. The van der Waals surface area contributed by atoms with Crippen molar-refractivity contribution >= 4 is 15.7 Å². The minimum atomic E-state index is -4.63. The Hall–Kier alpha value is -1.50. The molecule has 7 heteroatoms. The Bertz CT molecular complexity index is 598. The van der Waals surface area contributed by atoms with Gasteiger partial charge in [-0.3, -0.25) is 4.79 Å². The molecule has 0 fully saturated rings. The molecule has 1 atom stereocenters. The van der Waals surface area contributed by atoms with E-state index in [1.165, 1.54) is 12.1 Å². The van der Waals surface area contributed by atoms with Crippen LogP contribution in [0.25, 0.3) is 0 Å². The fraction of sp³-hybridized carbons (Fsp3) is 0.533. The first-order valence-electron chi connectivity index (χ1n) is 7.07. The topological polar surface area (TPSA) is 63.2 Å². The van der Waals surface area contributed by atoms with Crippen molar-refractivity contribution in [1.29, 1.82) is 0 Å². The van der Waals surface area contributed by atoms with Crippen LogP contribution in [0.3, 0.4) is 0 Å². The number of alkyl halides is 2. The van der Waals surface area contributed by atoms with Gasteiger partial charge in [-0.2, -0.15) is 8.78 Å². The average Bonchev–Trinajstić information content (AvgIpc) is 2.45. The highest BCUT2D eigenvalue weighted by atomic mass is 32.2. The van der Waals surface area contributed by atoms with Crippen molar-refractivity contribution < 1.29 is 22.0 Å². The Morgan fingerprint density at radius 3 is 2.09 bits per heavy atom. The molecule has 0 unspecified atom stereocenters. The van der Waals surface area contributed by atoms with Gasteiger partial charge in [0.25, 0.3) is 5.91 Å². The number of benzene rings is 1. The quantitative estimate of drug-likeness (QED) is 0.833. The molecule has 22 heavy (non-hydrogen) atoms. The lowest BCUT2D eigenvalue weighted by molar-refractivity contribution is 0.0937.